The lowest BCUT2D eigenvalue weighted by Gasteiger charge is -2.64. The highest BCUT2D eigenvalue weighted by atomic mass is 19.1. The van der Waals surface area contributed by atoms with Gasteiger partial charge in [0.1, 0.15) is 11.3 Å². The van der Waals surface area contributed by atoms with E-state index in [4.69, 9.17) is 4.74 Å². The van der Waals surface area contributed by atoms with E-state index in [0.717, 1.165) is 30.5 Å². The van der Waals surface area contributed by atoms with E-state index in [1.807, 2.05) is 38.2 Å². The number of nitrogens with zero attached hydrogens (tertiary/aromatic N) is 2. The van der Waals surface area contributed by atoms with Crippen LogP contribution in [0.3, 0.4) is 0 Å². The summed E-state index contributed by atoms with van der Waals surface area (Å²) >= 11 is 0. The summed E-state index contributed by atoms with van der Waals surface area (Å²) in [6.07, 6.45) is 11.0. The first-order chi connectivity index (χ1) is 16.6. The minimum Gasteiger partial charge on any atom is -0.390 e. The van der Waals surface area contributed by atoms with E-state index in [9.17, 15) is 10.2 Å². The summed E-state index contributed by atoms with van der Waals surface area (Å²) < 4.78 is 24.1. The molecule has 2 bridgehead atoms. The maximum absolute atomic E-state index is 17.1. The first kappa shape index (κ1) is 23.8. The van der Waals surface area contributed by atoms with Crippen LogP contribution in [0, 0.1) is 24.2 Å². The van der Waals surface area contributed by atoms with Gasteiger partial charge in [-0.05, 0) is 88.6 Å². The number of fused-ring (bicyclic) bond motifs is 1. The Hall–Kier alpha value is -1.60. The molecule has 9 atom stereocenters. The van der Waals surface area contributed by atoms with Gasteiger partial charge in [0, 0.05) is 29.8 Å². The van der Waals surface area contributed by atoms with Crippen LogP contribution in [-0.4, -0.2) is 69.3 Å². The smallest absolute Gasteiger partial charge is 0.140 e. The predicted octanol–water partition coefficient (Wildman–Crippen LogP) is 4.22. The van der Waals surface area contributed by atoms with E-state index < -0.39 is 29.1 Å². The molecule has 2 N–H and O–H groups in total. The van der Waals surface area contributed by atoms with Gasteiger partial charge in [0.05, 0.1) is 17.8 Å². The van der Waals surface area contributed by atoms with Crippen molar-refractivity contribution in [3.8, 4) is 0 Å². The third-order valence-corrected chi connectivity index (χ3v) is 10.8. The minimum absolute atomic E-state index is 0.0746. The van der Waals surface area contributed by atoms with Crippen LogP contribution in [-0.2, 0) is 4.74 Å². The molecule has 2 spiro atoms. The summed E-state index contributed by atoms with van der Waals surface area (Å²) in [6, 6.07) is 3.84. The van der Waals surface area contributed by atoms with Crippen LogP contribution in [0.2, 0.25) is 0 Å². The second-order valence-corrected chi connectivity index (χ2v) is 12.4. The fraction of sp³-hybridized carbons (Fsp3) is 0.690. The van der Waals surface area contributed by atoms with Crippen LogP contribution in [0.4, 0.5) is 4.39 Å². The average Bonchev–Trinajstić information content (AvgIpc) is 3.34. The Kier molecular flexibility index (Phi) is 5.23. The SMILES string of the molecule is Cc1ncccc1C=CC1=CCC2C1(C)CCC1(F)CC3C(O)C(O)C(N(C)C)CC34CCC21O4. The summed E-state index contributed by atoms with van der Waals surface area (Å²) in [5.41, 5.74) is 0.379. The number of likely N-dealkylation sites (N-methyl/N-ethyl adjacent to an activating group) is 1. The molecular weight excluding hydrogens is 443 g/mol. The lowest BCUT2D eigenvalue weighted by atomic mass is 9.52. The van der Waals surface area contributed by atoms with Crippen molar-refractivity contribution in [2.24, 2.45) is 17.3 Å². The third kappa shape index (κ3) is 3.09. The molecule has 3 aliphatic carbocycles. The number of pyridine rings is 1. The van der Waals surface area contributed by atoms with E-state index in [1.165, 1.54) is 5.57 Å². The molecule has 190 valence electrons. The zero-order chi connectivity index (χ0) is 24.8. The van der Waals surface area contributed by atoms with E-state index in [0.29, 0.717) is 19.3 Å². The highest BCUT2D eigenvalue weighted by Gasteiger charge is 2.77. The fourth-order valence-corrected chi connectivity index (χ4v) is 8.70. The molecular formula is C29H39FN2O3. The largest absolute Gasteiger partial charge is 0.390 e. The van der Waals surface area contributed by atoms with Crippen molar-refractivity contribution in [2.45, 2.75) is 93.9 Å². The lowest BCUT2D eigenvalue weighted by Crippen LogP contribution is -2.72. The molecule has 6 heteroatoms. The molecule has 0 amide bonds. The van der Waals surface area contributed by atoms with E-state index in [-0.39, 0.29) is 29.7 Å². The van der Waals surface area contributed by atoms with Gasteiger partial charge in [-0.25, -0.2) is 4.39 Å². The molecule has 2 saturated carbocycles. The molecule has 2 aliphatic heterocycles. The quantitative estimate of drug-likeness (QED) is 0.675. The Balaban J connectivity index is 1.33. The Morgan fingerprint density at radius 1 is 1.11 bits per heavy atom. The molecule has 5 nitrogen and oxygen atoms in total. The molecule has 4 fully saturated rings. The van der Waals surface area contributed by atoms with Gasteiger partial charge in [-0.15, -0.1) is 0 Å². The Labute approximate surface area is 208 Å². The summed E-state index contributed by atoms with van der Waals surface area (Å²) in [5.74, 6) is -0.286. The normalized spacial score (nSPS) is 48.6. The van der Waals surface area contributed by atoms with Crippen molar-refractivity contribution in [3.63, 3.8) is 0 Å². The zero-order valence-corrected chi connectivity index (χ0v) is 21.4. The monoisotopic (exact) mass is 482 g/mol. The second kappa shape index (κ2) is 7.70. The number of aromatic nitrogens is 1. The van der Waals surface area contributed by atoms with Gasteiger partial charge in [-0.1, -0.05) is 31.2 Å². The fourth-order valence-electron chi connectivity index (χ4n) is 8.70. The van der Waals surface area contributed by atoms with Gasteiger partial charge >= 0.3 is 0 Å². The third-order valence-electron chi connectivity index (χ3n) is 10.8. The van der Waals surface area contributed by atoms with E-state index >= 15 is 4.39 Å². The molecule has 5 aliphatic rings. The van der Waals surface area contributed by atoms with Gasteiger partial charge in [-0.3, -0.25) is 4.98 Å². The van der Waals surface area contributed by atoms with Gasteiger partial charge in [0.25, 0.3) is 0 Å². The molecule has 3 heterocycles. The highest BCUT2D eigenvalue weighted by molar-refractivity contribution is 5.56. The van der Waals surface area contributed by atoms with Crippen molar-refractivity contribution in [1.29, 1.82) is 0 Å². The first-order valence-corrected chi connectivity index (χ1v) is 13.3. The van der Waals surface area contributed by atoms with Gasteiger partial charge in [0.2, 0.25) is 0 Å². The maximum Gasteiger partial charge on any atom is 0.140 e. The van der Waals surface area contributed by atoms with Crippen LogP contribution in [0.25, 0.3) is 6.08 Å². The first-order valence-electron chi connectivity index (χ1n) is 13.3. The van der Waals surface area contributed by atoms with Crippen LogP contribution in [0.15, 0.2) is 36.1 Å². The number of hydrogen-bond donors (Lipinski definition) is 2. The number of aliphatic hydroxyl groups is 2. The number of aliphatic hydroxyl groups excluding tert-OH is 2. The molecule has 0 aromatic carbocycles. The number of halogens is 1. The number of aryl methyl sites for hydroxylation is 1. The summed E-state index contributed by atoms with van der Waals surface area (Å²) in [4.78, 5) is 6.38. The number of alkyl halides is 1. The van der Waals surface area contributed by atoms with Crippen LogP contribution < -0.4 is 0 Å². The van der Waals surface area contributed by atoms with Crippen LogP contribution >= 0.6 is 0 Å². The predicted molar refractivity (Wildman–Crippen MR) is 133 cm³/mol. The van der Waals surface area contributed by atoms with Crippen molar-refractivity contribution < 1.29 is 19.3 Å². The van der Waals surface area contributed by atoms with Crippen molar-refractivity contribution >= 4 is 6.08 Å². The number of hydrogen-bond acceptors (Lipinski definition) is 5. The van der Waals surface area contributed by atoms with Crippen LogP contribution in [0.1, 0.15) is 63.1 Å². The highest BCUT2D eigenvalue weighted by Crippen LogP contribution is 2.72. The Bertz CT molecular complexity index is 1090. The topological polar surface area (TPSA) is 65.8 Å². The minimum atomic E-state index is -1.47. The summed E-state index contributed by atoms with van der Waals surface area (Å²) in [5, 5.41) is 22.0. The van der Waals surface area contributed by atoms with Crippen molar-refractivity contribution in [1.82, 2.24) is 9.88 Å². The van der Waals surface area contributed by atoms with Crippen molar-refractivity contribution in [3.05, 3.63) is 47.3 Å². The average molecular weight is 483 g/mol. The zero-order valence-electron chi connectivity index (χ0n) is 21.4. The standard InChI is InChI=1S/C29H39FN2O3/c1-18-19(6-5-15-31-18)7-8-20-9-10-23-26(20,2)11-13-28(30)16-21-24(33)25(34)22(32(3)4)17-27(21)12-14-29(23,28)35-27/h5-9,15,21-25,33-34H,10-14,16-17H2,1-4H3. The molecule has 0 radical (unpaired) electrons. The number of allylic oxidation sites excluding steroid dienone is 3. The number of ether oxygens (including phenoxy) is 1. The van der Waals surface area contributed by atoms with Gasteiger partial charge < -0.3 is 19.8 Å². The molecule has 6 rings (SSSR count). The summed E-state index contributed by atoms with van der Waals surface area (Å²) in [7, 11) is 3.87. The summed E-state index contributed by atoms with van der Waals surface area (Å²) in [6.45, 7) is 4.32. The van der Waals surface area contributed by atoms with Crippen molar-refractivity contribution in [2.75, 3.05) is 14.1 Å². The lowest BCUT2D eigenvalue weighted by molar-refractivity contribution is -0.315. The Morgan fingerprint density at radius 3 is 2.66 bits per heavy atom. The Morgan fingerprint density at radius 2 is 1.91 bits per heavy atom. The van der Waals surface area contributed by atoms with E-state index in [2.05, 4.69) is 36.2 Å². The number of rotatable bonds is 3. The van der Waals surface area contributed by atoms with Crippen LogP contribution in [0.5, 0.6) is 0 Å². The maximum atomic E-state index is 17.1. The molecule has 1 aromatic heterocycles. The molecule has 9 unspecified atom stereocenters. The molecule has 1 aromatic rings. The van der Waals surface area contributed by atoms with Gasteiger partial charge in [0.15, 0.2) is 0 Å². The second-order valence-electron chi connectivity index (χ2n) is 12.4. The molecule has 2 saturated heterocycles. The molecule has 35 heavy (non-hydrogen) atoms. The van der Waals surface area contributed by atoms with E-state index in [1.54, 1.807) is 0 Å². The van der Waals surface area contributed by atoms with Gasteiger partial charge in [-0.2, -0.15) is 0 Å².